The van der Waals surface area contributed by atoms with E-state index in [0.29, 0.717) is 0 Å². The molecule has 10 rings (SSSR count). The molecule has 0 unspecified atom stereocenters. The van der Waals surface area contributed by atoms with Gasteiger partial charge in [0.2, 0.25) is 0 Å². The van der Waals surface area contributed by atoms with E-state index in [9.17, 15) is 0 Å². The highest BCUT2D eigenvalue weighted by atomic mass is 16.3. The van der Waals surface area contributed by atoms with Crippen LogP contribution >= 0.6 is 0 Å². The van der Waals surface area contributed by atoms with Gasteiger partial charge in [-0.3, -0.25) is 0 Å². The zero-order valence-electron chi connectivity index (χ0n) is 26.5. The molecule has 10 aromatic rings. The topological polar surface area (TPSA) is 29.5 Å². The molecule has 0 aliphatic heterocycles. The van der Waals surface area contributed by atoms with Crippen LogP contribution < -0.4 is 4.90 Å². The SMILES string of the molecule is c1ccc(-c2ccc3cc(N(c4cccc5c4oc4ccccc45)c4c(-c5ccccc5)ccc5c4oc4ccccc45)ccc3c2)cc1. The van der Waals surface area contributed by atoms with Gasteiger partial charge in [0.25, 0.3) is 0 Å². The molecule has 3 heteroatoms. The van der Waals surface area contributed by atoms with Crippen molar-refractivity contribution in [3.05, 3.63) is 176 Å². The van der Waals surface area contributed by atoms with Crippen LogP contribution in [0.5, 0.6) is 0 Å². The predicted octanol–water partition coefficient (Wildman–Crippen LogP) is 13.4. The van der Waals surface area contributed by atoms with Gasteiger partial charge in [-0.15, -0.1) is 0 Å². The molecule has 0 radical (unpaired) electrons. The summed E-state index contributed by atoms with van der Waals surface area (Å²) in [6.45, 7) is 0. The molecule has 2 heterocycles. The Hall–Kier alpha value is -6.58. The summed E-state index contributed by atoms with van der Waals surface area (Å²) in [7, 11) is 0. The van der Waals surface area contributed by atoms with E-state index in [1.54, 1.807) is 0 Å². The molecule has 0 spiro atoms. The van der Waals surface area contributed by atoms with Gasteiger partial charge >= 0.3 is 0 Å². The molecule has 0 N–H and O–H groups in total. The highest BCUT2D eigenvalue weighted by Crippen LogP contribution is 2.50. The normalized spacial score (nSPS) is 11.7. The van der Waals surface area contributed by atoms with Crippen molar-refractivity contribution in [3.8, 4) is 22.3 Å². The Balaban J connectivity index is 1.30. The number of nitrogens with zero attached hydrogens (tertiary/aromatic N) is 1. The molecular weight excluding hydrogens is 599 g/mol. The minimum absolute atomic E-state index is 0.829. The Morgan fingerprint density at radius 2 is 0.959 bits per heavy atom. The molecule has 0 aliphatic rings. The summed E-state index contributed by atoms with van der Waals surface area (Å²) in [5.41, 5.74) is 10.9. The van der Waals surface area contributed by atoms with Crippen LogP contribution in [-0.2, 0) is 0 Å². The van der Waals surface area contributed by atoms with E-state index >= 15 is 0 Å². The smallest absolute Gasteiger partial charge is 0.160 e. The average Bonchev–Trinajstić information content (AvgIpc) is 3.75. The fraction of sp³-hybridized carbons (Fsp3) is 0. The van der Waals surface area contributed by atoms with E-state index in [1.807, 2.05) is 24.3 Å². The summed E-state index contributed by atoms with van der Waals surface area (Å²) in [6.07, 6.45) is 0. The first-order valence-electron chi connectivity index (χ1n) is 16.6. The van der Waals surface area contributed by atoms with Gasteiger partial charge in [-0.05, 0) is 69.9 Å². The van der Waals surface area contributed by atoms with Gasteiger partial charge < -0.3 is 13.7 Å². The summed E-state index contributed by atoms with van der Waals surface area (Å²) in [5.74, 6) is 0. The van der Waals surface area contributed by atoms with Crippen LogP contribution in [0.2, 0.25) is 0 Å². The predicted molar refractivity (Wildman–Crippen MR) is 204 cm³/mol. The molecule has 0 saturated carbocycles. The van der Waals surface area contributed by atoms with Crippen molar-refractivity contribution >= 4 is 71.7 Å². The molecule has 2 aromatic heterocycles. The third-order valence-electron chi connectivity index (χ3n) is 9.64. The summed E-state index contributed by atoms with van der Waals surface area (Å²) < 4.78 is 13.5. The Kier molecular flexibility index (Phi) is 6.18. The molecule has 0 bridgehead atoms. The van der Waals surface area contributed by atoms with Crippen LogP contribution in [0.1, 0.15) is 0 Å². The van der Waals surface area contributed by atoms with Gasteiger partial charge in [0.15, 0.2) is 11.2 Å². The molecule has 0 atom stereocenters. The lowest BCUT2D eigenvalue weighted by Gasteiger charge is -2.28. The van der Waals surface area contributed by atoms with Gasteiger partial charge in [0.1, 0.15) is 11.2 Å². The highest BCUT2D eigenvalue weighted by molar-refractivity contribution is 6.16. The van der Waals surface area contributed by atoms with E-state index in [-0.39, 0.29) is 0 Å². The van der Waals surface area contributed by atoms with E-state index in [1.165, 1.54) is 16.5 Å². The van der Waals surface area contributed by atoms with Crippen LogP contribution in [-0.4, -0.2) is 0 Å². The largest absolute Gasteiger partial charge is 0.454 e. The Labute approximate surface area is 282 Å². The third kappa shape index (κ3) is 4.44. The van der Waals surface area contributed by atoms with Crippen molar-refractivity contribution in [3.63, 3.8) is 0 Å². The maximum Gasteiger partial charge on any atom is 0.160 e. The maximum atomic E-state index is 6.82. The van der Waals surface area contributed by atoms with Crippen molar-refractivity contribution in [1.82, 2.24) is 0 Å². The molecule has 230 valence electrons. The zero-order valence-corrected chi connectivity index (χ0v) is 26.5. The molecular formula is C46H29NO2. The lowest BCUT2D eigenvalue weighted by Crippen LogP contribution is -2.12. The second kappa shape index (κ2) is 11.0. The van der Waals surface area contributed by atoms with Crippen molar-refractivity contribution in [2.45, 2.75) is 0 Å². The molecule has 0 aliphatic carbocycles. The Bertz CT molecular complexity index is 2830. The first-order chi connectivity index (χ1) is 24.3. The van der Waals surface area contributed by atoms with Crippen molar-refractivity contribution in [2.75, 3.05) is 4.90 Å². The van der Waals surface area contributed by atoms with E-state index < -0.39 is 0 Å². The van der Waals surface area contributed by atoms with Crippen molar-refractivity contribution in [1.29, 1.82) is 0 Å². The quantitative estimate of drug-likeness (QED) is 0.190. The fourth-order valence-corrected chi connectivity index (χ4v) is 7.33. The van der Waals surface area contributed by atoms with Crippen LogP contribution in [0, 0.1) is 0 Å². The van der Waals surface area contributed by atoms with E-state index in [4.69, 9.17) is 8.83 Å². The summed E-state index contributed by atoms with van der Waals surface area (Å²) in [6, 6.07) is 61.9. The maximum absolute atomic E-state index is 6.82. The van der Waals surface area contributed by atoms with E-state index in [0.717, 1.165) is 77.5 Å². The minimum atomic E-state index is 0.829. The van der Waals surface area contributed by atoms with Gasteiger partial charge in [0, 0.05) is 32.8 Å². The van der Waals surface area contributed by atoms with Crippen molar-refractivity contribution in [2.24, 2.45) is 0 Å². The number of furan rings is 2. The molecule has 3 nitrogen and oxygen atoms in total. The molecule has 0 saturated heterocycles. The summed E-state index contributed by atoms with van der Waals surface area (Å²) >= 11 is 0. The molecule has 0 fully saturated rings. The summed E-state index contributed by atoms with van der Waals surface area (Å²) in [4.78, 5) is 2.34. The second-order valence-electron chi connectivity index (χ2n) is 12.5. The first-order valence-corrected chi connectivity index (χ1v) is 16.6. The number of hydrogen-bond acceptors (Lipinski definition) is 3. The number of fused-ring (bicyclic) bond motifs is 7. The highest BCUT2D eigenvalue weighted by Gasteiger charge is 2.26. The standard InChI is InChI=1S/C46H29NO2/c1-3-12-30(13-4-1)32-22-23-34-29-35(25-24-33(34)28-32)47(41-19-11-18-39-37-16-7-9-20-42(37)48-45(39)41)44-36(31-14-5-2-6-15-31)26-27-40-38-17-8-10-21-43(38)49-46(40)44/h1-29H. The van der Waals surface area contributed by atoms with Crippen LogP contribution in [0.25, 0.3) is 76.9 Å². The Morgan fingerprint density at radius 1 is 0.367 bits per heavy atom. The van der Waals surface area contributed by atoms with Gasteiger partial charge in [-0.2, -0.15) is 0 Å². The van der Waals surface area contributed by atoms with Crippen molar-refractivity contribution < 1.29 is 8.83 Å². The zero-order chi connectivity index (χ0) is 32.3. The number of benzene rings is 8. The third-order valence-corrected chi connectivity index (χ3v) is 9.64. The first kappa shape index (κ1) is 27.5. The monoisotopic (exact) mass is 627 g/mol. The van der Waals surface area contributed by atoms with Gasteiger partial charge in [-0.25, -0.2) is 0 Å². The number of anilines is 3. The average molecular weight is 628 g/mol. The van der Waals surface area contributed by atoms with E-state index in [2.05, 4.69) is 157 Å². The van der Waals surface area contributed by atoms with Crippen LogP contribution in [0.4, 0.5) is 17.1 Å². The molecule has 49 heavy (non-hydrogen) atoms. The fourth-order valence-electron chi connectivity index (χ4n) is 7.33. The lowest BCUT2D eigenvalue weighted by molar-refractivity contribution is 0.666. The number of para-hydroxylation sites is 3. The van der Waals surface area contributed by atoms with Gasteiger partial charge in [-0.1, -0.05) is 133 Å². The van der Waals surface area contributed by atoms with Gasteiger partial charge in [0.05, 0.1) is 11.4 Å². The molecule has 0 amide bonds. The number of hydrogen-bond donors (Lipinski definition) is 0. The second-order valence-corrected chi connectivity index (χ2v) is 12.5. The number of rotatable bonds is 5. The van der Waals surface area contributed by atoms with Crippen LogP contribution in [0.3, 0.4) is 0 Å². The lowest BCUT2D eigenvalue weighted by atomic mass is 9.98. The molecule has 8 aromatic carbocycles. The Morgan fingerprint density at radius 3 is 1.71 bits per heavy atom. The minimum Gasteiger partial charge on any atom is -0.454 e. The summed E-state index contributed by atoms with van der Waals surface area (Å²) in [5, 5.41) is 6.66. The van der Waals surface area contributed by atoms with Crippen LogP contribution in [0.15, 0.2) is 185 Å².